The summed E-state index contributed by atoms with van der Waals surface area (Å²) in [6.45, 7) is 1.40. The number of aliphatic hydroxyl groups excluding tert-OH is 11. The molecule has 3 aliphatic heterocycles. The summed E-state index contributed by atoms with van der Waals surface area (Å²) in [5, 5.41) is 119. The van der Waals surface area contributed by atoms with Crippen molar-refractivity contribution in [3.63, 3.8) is 0 Å². The van der Waals surface area contributed by atoms with Crippen LogP contribution >= 0.6 is 0 Å². The van der Waals surface area contributed by atoms with E-state index in [2.05, 4.69) is 24.4 Å². The average molecular weight is 966 g/mol. The fourth-order valence-electron chi connectivity index (χ4n) is 8.48. The van der Waals surface area contributed by atoms with E-state index >= 15 is 0 Å². The van der Waals surface area contributed by atoms with Gasteiger partial charge in [0.25, 0.3) is 0 Å². The molecule has 0 aromatic carbocycles. The fourth-order valence-corrected chi connectivity index (χ4v) is 8.48. The van der Waals surface area contributed by atoms with E-state index in [4.69, 9.17) is 28.4 Å². The molecule has 0 radical (unpaired) electrons. The number of nitrogens with one attached hydrogen (secondary N) is 1. The number of unbranched alkanes of at least 4 members (excludes halogenated alkanes) is 16. The normalized spacial score (nSPS) is 33.7. The number of amides is 1. The first-order chi connectivity index (χ1) is 32.3. The molecule has 3 rings (SSSR count). The van der Waals surface area contributed by atoms with Gasteiger partial charge in [0.1, 0.15) is 73.2 Å². The van der Waals surface area contributed by atoms with E-state index < -0.39 is 124 Å². The summed E-state index contributed by atoms with van der Waals surface area (Å²) < 4.78 is 33.8. The minimum Gasteiger partial charge on any atom is -0.394 e. The molecule has 0 aromatic rings. The molecule has 3 fully saturated rings. The predicted octanol–water partition coefficient (Wildman–Crippen LogP) is 1.25. The predicted molar refractivity (Wildman–Crippen MR) is 245 cm³/mol. The minimum atomic E-state index is -1.98. The van der Waals surface area contributed by atoms with Crippen LogP contribution in [0.4, 0.5) is 0 Å². The molecule has 19 heteroatoms. The van der Waals surface area contributed by atoms with E-state index in [1.165, 1.54) is 83.5 Å². The second-order valence-corrected chi connectivity index (χ2v) is 18.3. The van der Waals surface area contributed by atoms with Crippen molar-refractivity contribution in [3.05, 3.63) is 24.3 Å². The molecule has 0 bridgehead atoms. The van der Waals surface area contributed by atoms with Crippen LogP contribution in [0, 0.1) is 0 Å². The lowest BCUT2D eigenvalue weighted by Gasteiger charge is -2.48. The highest BCUT2D eigenvalue weighted by Crippen LogP contribution is 2.33. The summed E-state index contributed by atoms with van der Waals surface area (Å²) in [5.41, 5.74) is 0. The van der Waals surface area contributed by atoms with Crippen molar-refractivity contribution in [2.24, 2.45) is 0 Å². The quantitative estimate of drug-likeness (QED) is 0.0319. The van der Waals surface area contributed by atoms with Crippen molar-refractivity contribution in [3.8, 4) is 0 Å². The third kappa shape index (κ3) is 20.1. The fraction of sp³-hybridized carbons (Fsp3) is 0.896. The monoisotopic (exact) mass is 966 g/mol. The Labute approximate surface area is 397 Å². The Balaban J connectivity index is 1.46. The molecule has 12 N–H and O–H groups in total. The third-order valence-electron chi connectivity index (χ3n) is 12.8. The van der Waals surface area contributed by atoms with Crippen LogP contribution in [0.3, 0.4) is 0 Å². The Kier molecular flexibility index (Phi) is 30.0. The maximum atomic E-state index is 12.8. The second kappa shape index (κ2) is 33.8. The van der Waals surface area contributed by atoms with E-state index in [9.17, 15) is 61.0 Å². The van der Waals surface area contributed by atoms with Gasteiger partial charge in [-0.2, -0.15) is 0 Å². The average Bonchev–Trinajstić information content (AvgIpc) is 3.32. The number of carbonyl (C=O) groups is 1. The Morgan fingerprint density at radius 2 is 0.955 bits per heavy atom. The van der Waals surface area contributed by atoms with E-state index in [0.717, 1.165) is 25.7 Å². The molecule has 3 saturated heterocycles. The smallest absolute Gasteiger partial charge is 0.220 e. The zero-order valence-corrected chi connectivity index (χ0v) is 39.9. The van der Waals surface area contributed by atoms with Gasteiger partial charge in [0.15, 0.2) is 18.9 Å². The maximum Gasteiger partial charge on any atom is 0.220 e. The first-order valence-corrected chi connectivity index (χ1v) is 25.1. The van der Waals surface area contributed by atoms with Crippen LogP contribution in [-0.2, 0) is 33.2 Å². The van der Waals surface area contributed by atoms with Crippen molar-refractivity contribution < 1.29 is 89.4 Å². The first-order valence-electron chi connectivity index (χ1n) is 25.1. The summed E-state index contributed by atoms with van der Waals surface area (Å²) in [6, 6.07) is -0.980. The number of carbonyl (C=O) groups excluding carboxylic acids is 1. The molecule has 0 aliphatic carbocycles. The van der Waals surface area contributed by atoms with Gasteiger partial charge in [-0.3, -0.25) is 4.79 Å². The highest BCUT2D eigenvalue weighted by molar-refractivity contribution is 5.76. The number of rotatable bonds is 34. The lowest BCUT2D eigenvalue weighted by molar-refractivity contribution is -0.379. The Morgan fingerprint density at radius 1 is 0.522 bits per heavy atom. The highest BCUT2D eigenvalue weighted by atomic mass is 16.8. The Morgan fingerprint density at radius 3 is 1.48 bits per heavy atom. The number of aliphatic hydroxyl groups is 11. The number of ether oxygens (including phenoxy) is 6. The number of hydrogen-bond donors (Lipinski definition) is 12. The van der Waals surface area contributed by atoms with Crippen LogP contribution in [0.2, 0.25) is 0 Å². The second-order valence-electron chi connectivity index (χ2n) is 18.3. The van der Waals surface area contributed by atoms with E-state index in [1.54, 1.807) is 6.08 Å². The summed E-state index contributed by atoms with van der Waals surface area (Å²) in [7, 11) is 0. The standard InChI is InChI=1S/C48H87NO18/c1-3-5-7-8-9-10-11-12-13-14-15-16-17-18-19-20-21-22-23-24-25-32(53)31(49-36(54)26-6-4-2)30-62-46-42(60)39(57)44(34(28-51)64-46)67-48-43(61)40(58)45(35(29-52)65-48)66-47-41(59)38(56)37(55)33(27-50)63-47/h20-21,24-25,31-35,37-48,50-53,55-61H,3-19,22-23,26-30H2,1-2H3,(H,49,54)/b21-20+,25-24+. The van der Waals surface area contributed by atoms with Gasteiger partial charge in [0.2, 0.25) is 5.91 Å². The molecule has 1 amide bonds. The van der Waals surface area contributed by atoms with Crippen LogP contribution in [0.25, 0.3) is 0 Å². The molecule has 0 saturated carbocycles. The Bertz CT molecular complexity index is 1340. The summed E-state index contributed by atoms with van der Waals surface area (Å²) in [4.78, 5) is 12.8. The van der Waals surface area contributed by atoms with Crippen molar-refractivity contribution in [1.82, 2.24) is 5.32 Å². The van der Waals surface area contributed by atoms with E-state index in [0.29, 0.717) is 12.8 Å². The molecule has 0 spiro atoms. The molecule has 17 atom stereocenters. The van der Waals surface area contributed by atoms with Crippen LogP contribution in [-0.4, -0.2) is 193 Å². The number of hydrogen-bond acceptors (Lipinski definition) is 18. The van der Waals surface area contributed by atoms with Crippen LogP contribution in [0.5, 0.6) is 0 Å². The highest BCUT2D eigenvalue weighted by Gasteiger charge is 2.53. The maximum absolute atomic E-state index is 12.8. The molecule has 19 nitrogen and oxygen atoms in total. The first kappa shape index (κ1) is 59.6. The van der Waals surface area contributed by atoms with Crippen molar-refractivity contribution in [2.75, 3.05) is 26.4 Å². The molecule has 392 valence electrons. The SMILES string of the molecule is CCCCCCCCCCCCCCCC/C=C/CC/C=C/C(O)C(COC1OC(CO)C(OC2OC(CO)C(OC3OC(CO)C(O)C(O)C3O)C(O)C2O)C(O)C1O)NC(=O)CCCC. The lowest BCUT2D eigenvalue weighted by Crippen LogP contribution is -2.66. The molecule has 67 heavy (non-hydrogen) atoms. The van der Waals surface area contributed by atoms with Gasteiger partial charge >= 0.3 is 0 Å². The van der Waals surface area contributed by atoms with E-state index in [1.807, 2.05) is 13.0 Å². The third-order valence-corrected chi connectivity index (χ3v) is 12.8. The van der Waals surface area contributed by atoms with Crippen LogP contribution in [0.1, 0.15) is 142 Å². The summed E-state index contributed by atoms with van der Waals surface area (Å²) in [5.74, 6) is -0.323. The van der Waals surface area contributed by atoms with Crippen molar-refractivity contribution in [2.45, 2.75) is 247 Å². The molecular weight excluding hydrogens is 879 g/mol. The largest absolute Gasteiger partial charge is 0.394 e. The van der Waals surface area contributed by atoms with Gasteiger partial charge in [-0.25, -0.2) is 0 Å². The van der Waals surface area contributed by atoms with Gasteiger partial charge < -0.3 is 89.9 Å². The Hall–Kier alpha value is -1.73. The zero-order chi connectivity index (χ0) is 49.1. The van der Waals surface area contributed by atoms with Crippen molar-refractivity contribution in [1.29, 1.82) is 0 Å². The van der Waals surface area contributed by atoms with Crippen LogP contribution in [0.15, 0.2) is 24.3 Å². The van der Waals surface area contributed by atoms with Gasteiger partial charge in [0.05, 0.1) is 38.6 Å². The van der Waals surface area contributed by atoms with Crippen molar-refractivity contribution >= 4 is 5.91 Å². The van der Waals surface area contributed by atoms with Gasteiger partial charge in [-0.15, -0.1) is 0 Å². The minimum absolute atomic E-state index is 0.210. The molecule has 0 aromatic heterocycles. The summed E-state index contributed by atoms with van der Waals surface area (Å²) >= 11 is 0. The molecule has 3 aliphatic rings. The summed E-state index contributed by atoms with van der Waals surface area (Å²) in [6.07, 6.45) is 3.47. The topological polar surface area (TPSA) is 307 Å². The van der Waals surface area contributed by atoms with Gasteiger partial charge in [-0.05, 0) is 32.1 Å². The molecular formula is C48H87NO18. The van der Waals surface area contributed by atoms with E-state index in [-0.39, 0.29) is 18.9 Å². The zero-order valence-electron chi connectivity index (χ0n) is 39.9. The van der Waals surface area contributed by atoms with Crippen LogP contribution < -0.4 is 5.32 Å². The lowest BCUT2D eigenvalue weighted by atomic mass is 9.96. The molecule has 3 heterocycles. The van der Waals surface area contributed by atoms with Gasteiger partial charge in [0, 0.05) is 6.42 Å². The molecule has 17 unspecified atom stereocenters. The van der Waals surface area contributed by atoms with Gasteiger partial charge in [-0.1, -0.05) is 128 Å². The number of allylic oxidation sites excluding steroid dienone is 3.